The summed E-state index contributed by atoms with van der Waals surface area (Å²) in [6.07, 6.45) is 49.0. The van der Waals surface area contributed by atoms with E-state index in [9.17, 15) is 19.3 Å². The molecule has 10 heteroatoms. The number of aliphatic hydroxyl groups excluding tert-OH is 1. The van der Waals surface area contributed by atoms with Gasteiger partial charge in [0.05, 0.1) is 12.7 Å². The zero-order valence-electron chi connectivity index (χ0n) is 34.2. The van der Waals surface area contributed by atoms with E-state index in [1.54, 1.807) is 12.2 Å². The summed E-state index contributed by atoms with van der Waals surface area (Å²) in [6, 6.07) is 0. The van der Waals surface area contributed by atoms with Crippen molar-refractivity contribution in [2.45, 2.75) is 174 Å². The Labute approximate surface area is 334 Å². The molecule has 2 atom stereocenters. The summed E-state index contributed by atoms with van der Waals surface area (Å²) in [6.45, 7) is 3.45. The number of carbonyl (C=O) groups is 2. The second-order valence-electron chi connectivity index (χ2n) is 13.8. The summed E-state index contributed by atoms with van der Waals surface area (Å²) in [5.41, 5.74) is 0. The first-order chi connectivity index (χ1) is 26.7. The summed E-state index contributed by atoms with van der Waals surface area (Å²) < 4.78 is 26.2. The van der Waals surface area contributed by atoms with Crippen LogP contribution in [0.5, 0.6) is 0 Å². The summed E-state index contributed by atoms with van der Waals surface area (Å²) >= 11 is 0. The molecule has 55 heavy (non-hydrogen) atoms. The van der Waals surface area contributed by atoms with Crippen LogP contribution in [0.15, 0.2) is 85.1 Å². The molecule has 0 fully saturated rings. The number of rotatable bonds is 37. The minimum Gasteiger partial charge on any atom is -0.462 e. The van der Waals surface area contributed by atoms with Gasteiger partial charge in [-0.2, -0.15) is 0 Å². The average molecular weight is 791 g/mol. The molecule has 0 aromatic rings. The topological polar surface area (TPSA) is 140 Å². The molecular weight excluding hydrogens is 715 g/mol. The molecule has 0 aliphatic rings. The molecule has 0 aliphatic carbocycles. The van der Waals surface area contributed by atoms with Crippen LogP contribution in [0.3, 0.4) is 0 Å². The van der Waals surface area contributed by atoms with Crippen molar-refractivity contribution in [2.75, 3.05) is 13.2 Å². The maximum absolute atomic E-state index is 12.4. The highest BCUT2D eigenvalue weighted by atomic mass is 31.2. The number of aliphatic hydroxyl groups is 1. The fourth-order valence-electron chi connectivity index (χ4n) is 5.30. The van der Waals surface area contributed by atoms with E-state index in [-0.39, 0.29) is 19.4 Å². The van der Waals surface area contributed by atoms with Gasteiger partial charge in [-0.3, -0.25) is 14.1 Å². The summed E-state index contributed by atoms with van der Waals surface area (Å²) in [7, 11) is -4.82. The van der Waals surface area contributed by atoms with Gasteiger partial charge in [-0.15, -0.1) is 0 Å². The molecule has 0 spiro atoms. The molecular formula is C45H75O9P. The fraction of sp³-hybridized carbons (Fsp3) is 0.644. The quantitative estimate of drug-likeness (QED) is 0.0184. The van der Waals surface area contributed by atoms with Crippen LogP contribution in [-0.4, -0.2) is 52.3 Å². The zero-order chi connectivity index (χ0) is 40.5. The van der Waals surface area contributed by atoms with Crippen molar-refractivity contribution < 1.29 is 43.0 Å². The molecule has 0 bridgehead atoms. The van der Waals surface area contributed by atoms with Crippen LogP contribution in [0.25, 0.3) is 0 Å². The molecule has 9 nitrogen and oxygen atoms in total. The van der Waals surface area contributed by atoms with Crippen molar-refractivity contribution in [1.82, 2.24) is 0 Å². The lowest BCUT2D eigenvalue weighted by Gasteiger charge is -2.18. The Morgan fingerprint density at radius 2 is 1.04 bits per heavy atom. The number of ether oxygens (including phenoxy) is 2. The molecule has 1 unspecified atom stereocenters. The highest BCUT2D eigenvalue weighted by molar-refractivity contribution is 7.46. The Balaban J connectivity index is 4.19. The monoisotopic (exact) mass is 791 g/mol. The van der Waals surface area contributed by atoms with E-state index in [1.165, 1.54) is 64.2 Å². The number of carbonyl (C=O) groups excluding carboxylic acids is 2. The second-order valence-corrected chi connectivity index (χ2v) is 15.0. The predicted molar refractivity (Wildman–Crippen MR) is 226 cm³/mol. The van der Waals surface area contributed by atoms with Crippen molar-refractivity contribution in [2.24, 2.45) is 0 Å². The third kappa shape index (κ3) is 42.2. The maximum atomic E-state index is 12.4. The number of unbranched alkanes of at least 4 members (excludes halogenated alkanes) is 12. The van der Waals surface area contributed by atoms with E-state index < -0.39 is 38.6 Å². The highest BCUT2D eigenvalue weighted by Gasteiger charge is 2.23. The first-order valence-electron chi connectivity index (χ1n) is 21.0. The van der Waals surface area contributed by atoms with E-state index >= 15 is 0 Å². The SMILES string of the molecule is CCCCC/C=C\C/C=C\C/C=C\C/C=C\CCCCCC(=O)OC[C@H](COP(=O)(O)O)OC(=O)CCCC(O)/C=C/C=C/C/C=C/CCCCCCCC. The predicted octanol–water partition coefficient (Wildman–Crippen LogP) is 11.8. The Morgan fingerprint density at radius 3 is 1.62 bits per heavy atom. The highest BCUT2D eigenvalue weighted by Crippen LogP contribution is 2.36. The maximum Gasteiger partial charge on any atom is 0.469 e. The van der Waals surface area contributed by atoms with Gasteiger partial charge in [0, 0.05) is 12.8 Å². The molecule has 0 aliphatic heterocycles. The molecule has 3 N–H and O–H groups in total. The van der Waals surface area contributed by atoms with Gasteiger partial charge < -0.3 is 24.4 Å². The van der Waals surface area contributed by atoms with Crippen LogP contribution in [0.2, 0.25) is 0 Å². The average Bonchev–Trinajstić information content (AvgIpc) is 3.15. The Morgan fingerprint density at radius 1 is 0.564 bits per heavy atom. The second kappa shape index (κ2) is 39.4. The number of phosphoric ester groups is 1. The van der Waals surface area contributed by atoms with E-state index in [0.29, 0.717) is 19.3 Å². The fourth-order valence-corrected chi connectivity index (χ4v) is 5.67. The largest absolute Gasteiger partial charge is 0.469 e. The van der Waals surface area contributed by atoms with Crippen LogP contribution in [0.4, 0.5) is 0 Å². The van der Waals surface area contributed by atoms with Crippen molar-refractivity contribution in [3.63, 3.8) is 0 Å². The molecule has 0 rings (SSSR count). The lowest BCUT2D eigenvalue weighted by atomic mass is 10.1. The summed E-state index contributed by atoms with van der Waals surface area (Å²) in [4.78, 5) is 42.8. The number of allylic oxidation sites excluding steroid dienone is 13. The van der Waals surface area contributed by atoms with Gasteiger partial charge in [-0.1, -0.05) is 150 Å². The smallest absolute Gasteiger partial charge is 0.462 e. The minimum atomic E-state index is -4.82. The third-order valence-corrected chi connectivity index (χ3v) is 8.98. The van der Waals surface area contributed by atoms with E-state index in [4.69, 9.17) is 19.3 Å². The molecule has 0 saturated heterocycles. The number of esters is 2. The summed E-state index contributed by atoms with van der Waals surface area (Å²) in [5.74, 6) is -1.13. The van der Waals surface area contributed by atoms with Crippen molar-refractivity contribution >= 4 is 19.8 Å². The van der Waals surface area contributed by atoms with Crippen molar-refractivity contribution in [3.8, 4) is 0 Å². The standard InChI is InChI=1S/C45H75O9P/c1-3-5-7-9-11-13-15-17-18-19-20-21-22-24-26-28-30-32-34-38-44(47)52-40-43(41-53-55(49,50)51)54-45(48)39-35-37-42(46)36-33-31-29-27-25-23-16-14-12-10-8-6-4-2/h11,13,17-18,20-21,23-26,29,31,33,36,42-43,46H,3-10,12,14-16,19,22,27-28,30,32,34-35,37-41H2,1-2H3,(H2,49,50,51)/b13-11-,18-17-,21-20-,25-23+,26-24-,31-29+,36-33+/t42?,43-/m1/s1. The molecule has 0 aromatic carbocycles. The van der Waals surface area contributed by atoms with Crippen molar-refractivity contribution in [3.05, 3.63) is 85.1 Å². The van der Waals surface area contributed by atoms with Gasteiger partial charge >= 0.3 is 19.8 Å². The van der Waals surface area contributed by atoms with Gasteiger partial charge in [0.2, 0.25) is 0 Å². The molecule has 314 valence electrons. The van der Waals surface area contributed by atoms with Crippen LogP contribution in [0.1, 0.15) is 162 Å². The van der Waals surface area contributed by atoms with Gasteiger partial charge in [-0.05, 0) is 83.5 Å². The van der Waals surface area contributed by atoms with Crippen LogP contribution in [0, 0.1) is 0 Å². The van der Waals surface area contributed by atoms with Crippen molar-refractivity contribution in [1.29, 1.82) is 0 Å². The first-order valence-corrected chi connectivity index (χ1v) is 22.5. The Hall–Kier alpha value is -2.81. The summed E-state index contributed by atoms with van der Waals surface area (Å²) in [5, 5.41) is 10.2. The molecule has 0 heterocycles. The van der Waals surface area contributed by atoms with E-state index in [1.807, 2.05) is 12.2 Å². The first kappa shape index (κ1) is 52.2. The lowest BCUT2D eigenvalue weighted by molar-refractivity contribution is -0.161. The van der Waals surface area contributed by atoms with Crippen LogP contribution >= 0.6 is 7.82 Å². The third-order valence-electron chi connectivity index (χ3n) is 8.49. The minimum absolute atomic E-state index is 0.0239. The Kier molecular flexibility index (Phi) is 37.4. The van der Waals surface area contributed by atoms with Crippen LogP contribution < -0.4 is 0 Å². The number of hydrogen-bond donors (Lipinski definition) is 3. The van der Waals surface area contributed by atoms with Gasteiger partial charge in [-0.25, -0.2) is 4.57 Å². The van der Waals surface area contributed by atoms with E-state index in [0.717, 1.165) is 51.4 Å². The number of phosphoric acid groups is 1. The van der Waals surface area contributed by atoms with Gasteiger partial charge in [0.15, 0.2) is 6.10 Å². The van der Waals surface area contributed by atoms with Crippen LogP contribution in [-0.2, 0) is 28.2 Å². The molecule has 0 saturated carbocycles. The van der Waals surface area contributed by atoms with Gasteiger partial charge in [0.1, 0.15) is 6.61 Å². The zero-order valence-corrected chi connectivity index (χ0v) is 35.0. The lowest BCUT2D eigenvalue weighted by Crippen LogP contribution is -2.29. The Bertz CT molecular complexity index is 1180. The molecule has 0 amide bonds. The normalized spacial score (nSPS) is 13.9. The van der Waals surface area contributed by atoms with Gasteiger partial charge in [0.25, 0.3) is 0 Å². The number of hydrogen-bond acceptors (Lipinski definition) is 7. The molecule has 0 radical (unpaired) electrons. The molecule has 0 aromatic heterocycles. The van der Waals surface area contributed by atoms with E-state index in [2.05, 4.69) is 79.1 Å².